The number of nitrogens with zero attached hydrogens (tertiary/aromatic N) is 3. The first-order valence-electron chi connectivity index (χ1n) is 11.9. The van der Waals surface area contributed by atoms with E-state index in [0.717, 1.165) is 6.42 Å². The smallest absolute Gasteiger partial charge is 0.294 e. The zero-order valence-electron chi connectivity index (χ0n) is 19.4. The Hall–Kier alpha value is -2.67. The van der Waals surface area contributed by atoms with Gasteiger partial charge in [-0.1, -0.05) is 15.9 Å². The lowest BCUT2D eigenvalue weighted by molar-refractivity contribution is -0.384. The molecule has 3 fully saturated rings. The van der Waals surface area contributed by atoms with Crippen LogP contribution in [0.5, 0.6) is 0 Å². The number of amides is 2. The average Bonchev–Trinajstić information content (AvgIpc) is 3.53. The Labute approximate surface area is 227 Å². The van der Waals surface area contributed by atoms with Gasteiger partial charge in [-0.15, -0.1) is 0 Å². The van der Waals surface area contributed by atoms with Crippen LogP contribution in [-0.4, -0.2) is 57.7 Å². The fourth-order valence-corrected chi connectivity index (χ4v) is 6.14. The summed E-state index contributed by atoms with van der Waals surface area (Å²) in [6.07, 6.45) is 3.73. The van der Waals surface area contributed by atoms with Gasteiger partial charge in [0.1, 0.15) is 5.69 Å². The van der Waals surface area contributed by atoms with E-state index in [-0.39, 0.29) is 53.9 Å². The first-order chi connectivity index (χ1) is 17.5. The third-order valence-corrected chi connectivity index (χ3v) is 8.21. The number of nitro groups is 1. The van der Waals surface area contributed by atoms with Crippen molar-refractivity contribution in [3.05, 3.63) is 60.8 Å². The number of anilines is 1. The fraction of sp³-hybridized carbons (Fsp3) is 0.458. The van der Waals surface area contributed by atoms with E-state index in [1.165, 1.54) is 23.2 Å². The van der Waals surface area contributed by atoms with Gasteiger partial charge in [0.2, 0.25) is 0 Å². The Bertz CT molecular complexity index is 1270. The Morgan fingerprint density at radius 2 is 1.84 bits per heavy atom. The number of carbonyl (C=O) groups is 2. The summed E-state index contributed by atoms with van der Waals surface area (Å²) in [5.41, 5.74) is 0.143. The van der Waals surface area contributed by atoms with Gasteiger partial charge < -0.3 is 15.5 Å². The number of halogens is 4. The quantitative estimate of drug-likeness (QED) is 0.338. The second-order valence-electron chi connectivity index (χ2n) is 9.79. The van der Waals surface area contributed by atoms with Crippen molar-refractivity contribution in [3.8, 4) is 0 Å². The molecule has 3 aliphatic rings. The van der Waals surface area contributed by atoms with Gasteiger partial charge >= 0.3 is 0 Å². The molecule has 2 aliphatic carbocycles. The Morgan fingerprint density at radius 1 is 1.11 bits per heavy atom. The molecule has 4 atom stereocenters. The number of carbonyl (C=O) groups excluding carboxylic acids is 2. The summed E-state index contributed by atoms with van der Waals surface area (Å²) in [5, 5.41) is 18.2. The standard InChI is InChI=1S/C24H23Br2F2N5O4/c25-14-8-17(23(35)32-3-1-24(27,28)2-4-32)21(19(9-14)33(36)37)30-18-7-12-6-16(12)20(18)31-22(34)13-5-15(26)11-29-10-13/h5,8-12,16,18,20,30H,1-4,6-7H2,(H,31,34)/t12?,16?,18-,20+/m1/s1. The molecule has 2 saturated carbocycles. The van der Waals surface area contributed by atoms with Gasteiger partial charge in [0, 0.05) is 59.4 Å². The molecule has 2 unspecified atom stereocenters. The second kappa shape index (κ2) is 9.90. The Balaban J connectivity index is 1.42. The minimum atomic E-state index is -2.83. The molecule has 0 radical (unpaired) electrons. The van der Waals surface area contributed by atoms with Gasteiger partial charge in [-0.05, 0) is 52.7 Å². The molecule has 2 amide bonds. The van der Waals surface area contributed by atoms with Crippen molar-refractivity contribution >= 4 is 55.0 Å². The molecule has 2 N–H and O–H groups in total. The Kier molecular flexibility index (Phi) is 6.94. The number of alkyl halides is 2. The van der Waals surface area contributed by atoms with Crippen molar-refractivity contribution < 1.29 is 23.3 Å². The average molecular weight is 643 g/mol. The van der Waals surface area contributed by atoms with Crippen LogP contribution in [0.3, 0.4) is 0 Å². The van der Waals surface area contributed by atoms with Gasteiger partial charge in [0.05, 0.1) is 22.1 Å². The number of piperidine rings is 1. The van der Waals surface area contributed by atoms with Crippen molar-refractivity contribution in [2.24, 2.45) is 11.8 Å². The predicted molar refractivity (Wildman–Crippen MR) is 138 cm³/mol. The van der Waals surface area contributed by atoms with Crippen LogP contribution in [0.2, 0.25) is 0 Å². The molecule has 5 rings (SSSR count). The summed E-state index contributed by atoms with van der Waals surface area (Å²) in [4.78, 5) is 43.1. The van der Waals surface area contributed by atoms with Crippen LogP contribution in [0.25, 0.3) is 0 Å². The third kappa shape index (κ3) is 5.47. The van der Waals surface area contributed by atoms with Crippen LogP contribution in [-0.2, 0) is 0 Å². The normalized spacial score (nSPS) is 25.8. The van der Waals surface area contributed by atoms with Crippen molar-refractivity contribution in [1.82, 2.24) is 15.2 Å². The summed E-state index contributed by atoms with van der Waals surface area (Å²) >= 11 is 6.55. The second-order valence-corrected chi connectivity index (χ2v) is 11.6. The van der Waals surface area contributed by atoms with Crippen LogP contribution >= 0.6 is 31.9 Å². The van der Waals surface area contributed by atoms with Crippen molar-refractivity contribution in [1.29, 1.82) is 0 Å². The molecule has 1 saturated heterocycles. The molecule has 2 aromatic rings. The highest BCUT2D eigenvalue weighted by atomic mass is 79.9. The summed E-state index contributed by atoms with van der Waals surface area (Å²) in [5.74, 6) is -3.11. The van der Waals surface area contributed by atoms with E-state index in [1.807, 2.05) is 0 Å². The minimum absolute atomic E-state index is 0.0326. The fourth-order valence-electron chi connectivity index (χ4n) is 5.33. The van der Waals surface area contributed by atoms with Crippen molar-refractivity contribution in [3.63, 3.8) is 0 Å². The van der Waals surface area contributed by atoms with E-state index in [2.05, 4.69) is 47.5 Å². The van der Waals surface area contributed by atoms with Crippen LogP contribution in [0, 0.1) is 22.0 Å². The van der Waals surface area contributed by atoms with E-state index >= 15 is 0 Å². The molecule has 37 heavy (non-hydrogen) atoms. The number of aromatic nitrogens is 1. The van der Waals surface area contributed by atoms with Crippen LogP contribution in [0.15, 0.2) is 39.5 Å². The predicted octanol–water partition coefficient (Wildman–Crippen LogP) is 5.01. The summed E-state index contributed by atoms with van der Waals surface area (Å²) in [6.45, 7) is -0.281. The maximum Gasteiger partial charge on any atom is 0.294 e. The summed E-state index contributed by atoms with van der Waals surface area (Å²) in [7, 11) is 0. The highest BCUT2D eigenvalue weighted by Gasteiger charge is 2.54. The highest BCUT2D eigenvalue weighted by Crippen LogP contribution is 2.53. The van der Waals surface area contributed by atoms with E-state index in [4.69, 9.17) is 0 Å². The molecule has 1 aromatic heterocycles. The van der Waals surface area contributed by atoms with Crippen LogP contribution < -0.4 is 10.6 Å². The molecule has 196 valence electrons. The molecule has 0 bridgehead atoms. The molecular weight excluding hydrogens is 620 g/mol. The summed E-state index contributed by atoms with van der Waals surface area (Å²) in [6, 6.07) is 3.77. The zero-order chi connectivity index (χ0) is 26.5. The van der Waals surface area contributed by atoms with Crippen LogP contribution in [0.1, 0.15) is 46.4 Å². The van der Waals surface area contributed by atoms with Crippen molar-refractivity contribution in [2.75, 3.05) is 18.4 Å². The number of fused-ring (bicyclic) bond motifs is 1. The number of rotatable bonds is 6. The molecule has 9 nitrogen and oxygen atoms in total. The minimum Gasteiger partial charge on any atom is -0.374 e. The van der Waals surface area contributed by atoms with Gasteiger partial charge in [0.25, 0.3) is 23.4 Å². The van der Waals surface area contributed by atoms with E-state index < -0.39 is 29.6 Å². The Morgan fingerprint density at radius 3 is 2.51 bits per heavy atom. The first kappa shape index (κ1) is 26.0. The first-order valence-corrected chi connectivity index (χ1v) is 13.4. The molecule has 1 aromatic carbocycles. The number of nitrogens with one attached hydrogen (secondary N) is 2. The topological polar surface area (TPSA) is 117 Å². The summed E-state index contributed by atoms with van der Waals surface area (Å²) < 4.78 is 28.3. The van der Waals surface area contributed by atoms with E-state index in [9.17, 15) is 28.5 Å². The molecule has 13 heteroatoms. The molecule has 0 spiro atoms. The number of likely N-dealkylation sites (tertiary alicyclic amines) is 1. The van der Waals surface area contributed by atoms with Crippen molar-refractivity contribution in [2.45, 2.75) is 43.7 Å². The maximum absolute atomic E-state index is 13.7. The largest absolute Gasteiger partial charge is 0.374 e. The number of nitro benzene ring substituents is 1. The lowest BCUT2D eigenvalue weighted by Crippen LogP contribution is -2.46. The van der Waals surface area contributed by atoms with Crippen LogP contribution in [0.4, 0.5) is 20.2 Å². The van der Waals surface area contributed by atoms with Gasteiger partial charge in [-0.25, -0.2) is 8.78 Å². The molecule has 2 heterocycles. The lowest BCUT2D eigenvalue weighted by Gasteiger charge is -2.32. The number of hydrogen-bond donors (Lipinski definition) is 2. The highest BCUT2D eigenvalue weighted by molar-refractivity contribution is 9.10. The molecular formula is C24H23Br2F2N5O4. The maximum atomic E-state index is 13.7. The monoisotopic (exact) mass is 641 g/mol. The van der Waals surface area contributed by atoms with E-state index in [1.54, 1.807) is 12.3 Å². The number of hydrogen-bond acceptors (Lipinski definition) is 6. The van der Waals surface area contributed by atoms with Gasteiger partial charge in [-0.3, -0.25) is 24.7 Å². The lowest BCUT2D eigenvalue weighted by atomic mass is 10.0. The SMILES string of the molecule is O=C(N[C@H]1C2CC2C[C@H]1Nc1c(C(=O)N2CCC(F)(F)CC2)cc(Br)cc1[N+](=O)[O-])c1cncc(Br)c1. The molecule has 1 aliphatic heterocycles. The van der Waals surface area contributed by atoms with E-state index in [0.29, 0.717) is 26.8 Å². The van der Waals surface area contributed by atoms with Gasteiger partial charge in [-0.2, -0.15) is 0 Å². The zero-order valence-corrected chi connectivity index (χ0v) is 22.6. The van der Waals surface area contributed by atoms with Gasteiger partial charge in [0.15, 0.2) is 0 Å². The number of benzene rings is 1. The third-order valence-electron chi connectivity index (χ3n) is 7.31. The number of pyridine rings is 1.